The Kier molecular flexibility index (Phi) is 1.81. The Balaban J connectivity index is 2.85. The fraction of sp³-hybridized carbons (Fsp3) is 0.400. The molecular weight excluding hydrogens is 122 g/mol. The number of aromatic nitrogens is 1. The van der Waals surface area contributed by atoms with Gasteiger partial charge in [0.15, 0.2) is 5.76 Å². The normalized spacial score (nSPS) is 10.0. The van der Waals surface area contributed by atoms with Crippen molar-refractivity contribution in [2.45, 2.75) is 13.2 Å². The number of aliphatic hydroxyl groups excluding tert-OH is 2. The van der Waals surface area contributed by atoms with E-state index in [-0.39, 0.29) is 19.0 Å². The number of hydrogen-bond donors (Lipinski definition) is 2. The highest BCUT2D eigenvalue weighted by molar-refractivity contribution is 5.08. The van der Waals surface area contributed by atoms with E-state index in [0.29, 0.717) is 5.56 Å². The minimum atomic E-state index is -0.244. The summed E-state index contributed by atoms with van der Waals surface area (Å²) in [5, 5.41) is 20.2. The lowest BCUT2D eigenvalue weighted by Gasteiger charge is -1.87. The first-order valence-corrected chi connectivity index (χ1v) is 2.45. The summed E-state index contributed by atoms with van der Waals surface area (Å²) in [7, 11) is 0. The molecule has 0 unspecified atom stereocenters. The van der Waals surface area contributed by atoms with E-state index in [1.54, 1.807) is 0 Å². The first kappa shape index (κ1) is 6.25. The molecule has 4 nitrogen and oxygen atoms in total. The fourth-order valence-corrected chi connectivity index (χ4v) is 0.498. The van der Waals surface area contributed by atoms with Gasteiger partial charge in [0.05, 0.1) is 12.2 Å². The molecule has 1 aromatic heterocycles. The van der Waals surface area contributed by atoms with Crippen LogP contribution in [0.1, 0.15) is 11.3 Å². The van der Waals surface area contributed by atoms with E-state index in [9.17, 15) is 0 Å². The first-order chi connectivity index (χ1) is 4.38. The largest absolute Gasteiger partial charge is 0.391 e. The summed E-state index contributed by atoms with van der Waals surface area (Å²) >= 11 is 0. The zero-order valence-electron chi connectivity index (χ0n) is 4.66. The highest BCUT2D eigenvalue weighted by Crippen LogP contribution is 2.05. The fourth-order valence-electron chi connectivity index (χ4n) is 0.498. The second kappa shape index (κ2) is 2.61. The van der Waals surface area contributed by atoms with Crippen molar-refractivity contribution in [3.63, 3.8) is 0 Å². The molecule has 0 fully saturated rings. The molecule has 0 saturated heterocycles. The highest BCUT2D eigenvalue weighted by atomic mass is 16.5. The highest BCUT2D eigenvalue weighted by Gasteiger charge is 2.04. The Morgan fingerprint density at radius 1 is 1.44 bits per heavy atom. The van der Waals surface area contributed by atoms with Gasteiger partial charge in [-0.25, -0.2) is 0 Å². The van der Waals surface area contributed by atoms with Gasteiger partial charge in [-0.3, -0.25) is 0 Å². The van der Waals surface area contributed by atoms with E-state index in [1.807, 2.05) is 0 Å². The molecule has 0 aromatic carbocycles. The van der Waals surface area contributed by atoms with Gasteiger partial charge in [0, 0.05) is 0 Å². The molecule has 1 rings (SSSR count). The Labute approximate surface area is 51.7 Å². The van der Waals surface area contributed by atoms with E-state index in [4.69, 9.17) is 10.2 Å². The van der Waals surface area contributed by atoms with Gasteiger partial charge in [-0.1, -0.05) is 5.16 Å². The Hall–Kier alpha value is -0.870. The van der Waals surface area contributed by atoms with Gasteiger partial charge in [0.1, 0.15) is 12.8 Å². The SMILES string of the molecule is OCc1[c]noc1CO. The summed E-state index contributed by atoms with van der Waals surface area (Å²) < 4.78 is 4.49. The average molecular weight is 128 g/mol. The molecule has 0 aliphatic heterocycles. The van der Waals surface area contributed by atoms with Crippen molar-refractivity contribution in [3.05, 3.63) is 17.5 Å². The van der Waals surface area contributed by atoms with Gasteiger partial charge in [-0.15, -0.1) is 0 Å². The summed E-state index contributed by atoms with van der Waals surface area (Å²) in [5.41, 5.74) is 0.414. The van der Waals surface area contributed by atoms with E-state index < -0.39 is 0 Å². The van der Waals surface area contributed by atoms with E-state index in [2.05, 4.69) is 15.9 Å². The van der Waals surface area contributed by atoms with Gasteiger partial charge in [0.2, 0.25) is 0 Å². The van der Waals surface area contributed by atoms with Crippen LogP contribution in [0.3, 0.4) is 0 Å². The third kappa shape index (κ3) is 1.09. The van der Waals surface area contributed by atoms with Crippen molar-refractivity contribution in [2.75, 3.05) is 0 Å². The number of rotatable bonds is 2. The molecule has 1 heterocycles. The Morgan fingerprint density at radius 2 is 2.22 bits per heavy atom. The summed E-state index contributed by atoms with van der Waals surface area (Å²) in [6.45, 7) is -0.439. The summed E-state index contributed by atoms with van der Waals surface area (Å²) in [5.74, 6) is 0.275. The summed E-state index contributed by atoms with van der Waals surface area (Å²) in [6, 6.07) is 0. The molecule has 4 heteroatoms. The lowest BCUT2D eigenvalue weighted by Crippen LogP contribution is -1.86. The van der Waals surface area contributed by atoms with Crippen molar-refractivity contribution in [2.24, 2.45) is 0 Å². The molecule has 0 bridgehead atoms. The number of aliphatic hydroxyl groups is 2. The van der Waals surface area contributed by atoms with Gasteiger partial charge in [-0.05, 0) is 0 Å². The molecule has 9 heavy (non-hydrogen) atoms. The molecule has 0 amide bonds. The van der Waals surface area contributed by atoms with Crippen LogP contribution in [0.25, 0.3) is 0 Å². The zero-order valence-corrected chi connectivity index (χ0v) is 4.66. The van der Waals surface area contributed by atoms with Gasteiger partial charge in [0.25, 0.3) is 0 Å². The van der Waals surface area contributed by atoms with Crippen LogP contribution in [0, 0.1) is 6.20 Å². The topological polar surface area (TPSA) is 66.5 Å². The monoisotopic (exact) mass is 128 g/mol. The standard InChI is InChI=1S/C5H6NO3/c7-2-4-1-6-9-5(4)3-8/h7-8H,2-3H2. The zero-order chi connectivity index (χ0) is 6.69. The van der Waals surface area contributed by atoms with Crippen LogP contribution in [0.15, 0.2) is 4.52 Å². The van der Waals surface area contributed by atoms with Crippen LogP contribution in [0.4, 0.5) is 0 Å². The minimum Gasteiger partial charge on any atom is -0.391 e. The van der Waals surface area contributed by atoms with E-state index in [0.717, 1.165) is 0 Å². The molecule has 0 aliphatic carbocycles. The average Bonchev–Trinajstić information content (AvgIpc) is 2.33. The molecule has 0 saturated carbocycles. The third-order valence-corrected chi connectivity index (χ3v) is 0.975. The van der Waals surface area contributed by atoms with Crippen LogP contribution in [-0.2, 0) is 13.2 Å². The maximum atomic E-state index is 8.50. The number of nitrogens with zero attached hydrogens (tertiary/aromatic N) is 1. The van der Waals surface area contributed by atoms with Crippen molar-refractivity contribution in [1.82, 2.24) is 5.16 Å². The summed E-state index contributed by atoms with van der Waals surface area (Å²) in [4.78, 5) is 0. The first-order valence-electron chi connectivity index (χ1n) is 2.45. The quantitative estimate of drug-likeness (QED) is 0.561. The number of hydrogen-bond acceptors (Lipinski definition) is 4. The molecule has 2 N–H and O–H groups in total. The molecule has 1 radical (unpaired) electrons. The van der Waals surface area contributed by atoms with E-state index >= 15 is 0 Å². The molecule has 0 aliphatic rings. The molecule has 1 aromatic rings. The van der Waals surface area contributed by atoms with Crippen LogP contribution in [0.2, 0.25) is 0 Å². The minimum absolute atomic E-state index is 0.195. The van der Waals surface area contributed by atoms with Crippen LogP contribution >= 0.6 is 0 Å². The summed E-state index contributed by atoms with van der Waals surface area (Å²) in [6.07, 6.45) is 2.38. The third-order valence-electron chi connectivity index (χ3n) is 0.975. The van der Waals surface area contributed by atoms with Crippen molar-refractivity contribution < 1.29 is 14.7 Å². The predicted octanol–water partition coefficient (Wildman–Crippen LogP) is -0.541. The Bertz CT molecular complexity index is 166. The molecule has 49 valence electrons. The van der Waals surface area contributed by atoms with Gasteiger partial charge < -0.3 is 14.7 Å². The smallest absolute Gasteiger partial charge is 0.168 e. The van der Waals surface area contributed by atoms with Crippen molar-refractivity contribution in [3.8, 4) is 0 Å². The van der Waals surface area contributed by atoms with Crippen molar-refractivity contribution in [1.29, 1.82) is 0 Å². The Morgan fingerprint density at radius 3 is 2.67 bits per heavy atom. The molecular formula is C5H6NO3. The molecule has 0 atom stereocenters. The van der Waals surface area contributed by atoms with Gasteiger partial charge in [-0.2, -0.15) is 0 Å². The van der Waals surface area contributed by atoms with E-state index in [1.165, 1.54) is 0 Å². The van der Waals surface area contributed by atoms with Crippen LogP contribution < -0.4 is 0 Å². The second-order valence-corrected chi connectivity index (χ2v) is 1.51. The molecule has 0 spiro atoms. The maximum Gasteiger partial charge on any atom is 0.168 e. The lowest BCUT2D eigenvalue weighted by atomic mass is 10.3. The van der Waals surface area contributed by atoms with Crippen LogP contribution in [0.5, 0.6) is 0 Å². The lowest BCUT2D eigenvalue weighted by molar-refractivity contribution is 0.219. The second-order valence-electron chi connectivity index (χ2n) is 1.51. The predicted molar refractivity (Wildman–Crippen MR) is 27.2 cm³/mol. The van der Waals surface area contributed by atoms with Gasteiger partial charge >= 0.3 is 0 Å². The maximum absolute atomic E-state index is 8.50. The van der Waals surface area contributed by atoms with Crippen LogP contribution in [-0.4, -0.2) is 15.4 Å². The van der Waals surface area contributed by atoms with Crippen molar-refractivity contribution >= 4 is 0 Å².